The second kappa shape index (κ2) is 12.8. The first kappa shape index (κ1) is 28.0. The Labute approximate surface area is 236 Å². The fourth-order valence-corrected chi connectivity index (χ4v) is 5.63. The molecule has 2 N–H and O–H groups in total. The third-order valence-electron chi connectivity index (χ3n) is 8.13. The highest BCUT2D eigenvalue weighted by Crippen LogP contribution is 2.49. The molecule has 3 aliphatic carbocycles. The van der Waals surface area contributed by atoms with E-state index in [4.69, 9.17) is 9.15 Å². The van der Waals surface area contributed by atoms with E-state index in [1.807, 2.05) is 62.4 Å². The van der Waals surface area contributed by atoms with Gasteiger partial charge in [-0.1, -0.05) is 82.0 Å². The summed E-state index contributed by atoms with van der Waals surface area (Å²) >= 11 is 0. The highest BCUT2D eigenvalue weighted by Gasteiger charge is 2.39. The van der Waals surface area contributed by atoms with Crippen LogP contribution in [0, 0.1) is 17.8 Å². The van der Waals surface area contributed by atoms with E-state index in [1.165, 1.54) is 25.7 Å². The molecule has 0 saturated heterocycles. The topological polar surface area (TPSA) is 88.8 Å². The summed E-state index contributed by atoms with van der Waals surface area (Å²) in [5, 5.41) is 14.0. The van der Waals surface area contributed by atoms with Crippen molar-refractivity contribution in [3.05, 3.63) is 93.5 Å². The minimum Gasteiger partial charge on any atom is -0.507 e. The maximum atomic E-state index is 13.4. The van der Waals surface area contributed by atoms with E-state index in [0.717, 1.165) is 48.6 Å². The summed E-state index contributed by atoms with van der Waals surface area (Å²) in [5.74, 6) is 2.29. The zero-order valence-corrected chi connectivity index (χ0v) is 23.6. The van der Waals surface area contributed by atoms with E-state index in [2.05, 4.69) is 5.32 Å². The van der Waals surface area contributed by atoms with Gasteiger partial charge in [-0.15, -0.1) is 0 Å². The first-order chi connectivity index (χ1) is 19.5. The highest BCUT2D eigenvalue weighted by molar-refractivity contribution is 5.84. The summed E-state index contributed by atoms with van der Waals surface area (Å²) in [6, 6.07) is 18.7. The Bertz CT molecular complexity index is 1320. The van der Waals surface area contributed by atoms with Crippen LogP contribution < -0.4 is 10.9 Å². The lowest BCUT2D eigenvalue weighted by Crippen LogP contribution is -2.18. The lowest BCUT2D eigenvalue weighted by molar-refractivity contribution is 0.155. The van der Waals surface area contributed by atoms with Gasteiger partial charge in [0.2, 0.25) is 0 Å². The summed E-state index contributed by atoms with van der Waals surface area (Å²) in [6.45, 7) is 4.18. The van der Waals surface area contributed by atoms with E-state index in [0.29, 0.717) is 17.0 Å². The zero-order valence-electron chi connectivity index (χ0n) is 23.6. The van der Waals surface area contributed by atoms with Crippen molar-refractivity contribution < 1.29 is 19.1 Å². The third-order valence-corrected chi connectivity index (χ3v) is 8.13. The van der Waals surface area contributed by atoms with E-state index in [-0.39, 0.29) is 30.1 Å². The van der Waals surface area contributed by atoms with Crippen LogP contribution in [0.4, 0.5) is 10.5 Å². The fourth-order valence-electron chi connectivity index (χ4n) is 5.63. The van der Waals surface area contributed by atoms with Crippen LogP contribution in [0.3, 0.4) is 0 Å². The molecule has 6 rings (SSSR count). The quantitative estimate of drug-likeness (QED) is 0.254. The molecule has 1 aromatic heterocycles. The molecule has 0 bridgehead atoms. The van der Waals surface area contributed by atoms with E-state index in [9.17, 15) is 14.7 Å². The van der Waals surface area contributed by atoms with Crippen molar-refractivity contribution in [1.82, 2.24) is 0 Å². The van der Waals surface area contributed by atoms with Crippen LogP contribution in [0.15, 0.2) is 69.9 Å². The van der Waals surface area contributed by atoms with Crippen molar-refractivity contribution in [3.8, 4) is 5.75 Å². The number of aromatic hydroxyl groups is 1. The lowest BCUT2D eigenvalue weighted by atomic mass is 9.86. The Kier molecular flexibility index (Phi) is 8.93. The summed E-state index contributed by atoms with van der Waals surface area (Å²) in [7, 11) is 0. The second-order valence-corrected chi connectivity index (χ2v) is 11.4. The number of benzene rings is 2. The van der Waals surface area contributed by atoms with E-state index < -0.39 is 11.7 Å². The lowest BCUT2D eigenvalue weighted by Gasteiger charge is -2.21. The molecule has 40 heavy (non-hydrogen) atoms. The van der Waals surface area contributed by atoms with Crippen molar-refractivity contribution in [3.63, 3.8) is 0 Å². The van der Waals surface area contributed by atoms with Gasteiger partial charge in [0, 0.05) is 23.6 Å². The van der Waals surface area contributed by atoms with Crippen LogP contribution in [-0.2, 0) is 11.3 Å². The molecule has 212 valence electrons. The molecule has 6 nitrogen and oxygen atoms in total. The molecular weight excluding hydrogens is 502 g/mol. The van der Waals surface area contributed by atoms with E-state index in [1.54, 1.807) is 12.1 Å². The van der Waals surface area contributed by atoms with Crippen LogP contribution in [0.25, 0.3) is 0 Å². The molecule has 1 heterocycles. The molecule has 3 fully saturated rings. The average molecular weight is 544 g/mol. The van der Waals surface area contributed by atoms with E-state index >= 15 is 0 Å². The second-order valence-electron chi connectivity index (χ2n) is 11.4. The standard InChI is InChI=1S/C32H35NO5.C2H6/c34-27-18-28(25(15-20-9-10-20)16-21-11-12-21)38-31(35)30(27)29(23-13-14-23)24-7-4-8-26(17-24)33-32(36)37-19-22-5-2-1-3-6-22;1-2/h1-8,17-18,20-21,23,25,29,34H,9-16,19H2,(H,33,36);1-2H3. The van der Waals surface area contributed by atoms with Gasteiger partial charge in [-0.05, 0) is 66.7 Å². The van der Waals surface area contributed by atoms with Gasteiger partial charge in [-0.25, -0.2) is 9.59 Å². The van der Waals surface area contributed by atoms with Crippen molar-refractivity contribution >= 4 is 11.8 Å². The van der Waals surface area contributed by atoms with Gasteiger partial charge in [0.15, 0.2) is 0 Å². The van der Waals surface area contributed by atoms with Crippen LogP contribution in [0.5, 0.6) is 5.75 Å². The maximum Gasteiger partial charge on any atom is 0.411 e. The predicted molar refractivity (Wildman–Crippen MR) is 157 cm³/mol. The predicted octanol–water partition coefficient (Wildman–Crippen LogP) is 8.35. The average Bonchev–Trinajstić information content (AvgIpc) is 3.80. The number of ether oxygens (including phenoxy) is 1. The van der Waals surface area contributed by atoms with Gasteiger partial charge in [-0.3, -0.25) is 5.32 Å². The van der Waals surface area contributed by atoms with Crippen molar-refractivity contribution in [2.75, 3.05) is 5.32 Å². The third kappa shape index (κ3) is 7.35. The van der Waals surface area contributed by atoms with Crippen molar-refractivity contribution in [1.29, 1.82) is 0 Å². The Morgan fingerprint density at radius 3 is 2.23 bits per heavy atom. The van der Waals surface area contributed by atoms with Gasteiger partial charge < -0.3 is 14.3 Å². The minimum atomic E-state index is -0.543. The molecule has 0 spiro atoms. The molecule has 1 atom stereocenters. The van der Waals surface area contributed by atoms with Crippen LogP contribution in [0.1, 0.15) is 99.5 Å². The fraction of sp³-hybridized carbons (Fsp3) is 0.471. The molecule has 1 unspecified atom stereocenters. The van der Waals surface area contributed by atoms with Crippen LogP contribution >= 0.6 is 0 Å². The van der Waals surface area contributed by atoms with Gasteiger partial charge in [0.1, 0.15) is 18.1 Å². The summed E-state index contributed by atoms with van der Waals surface area (Å²) in [6.07, 6.45) is 8.51. The number of anilines is 1. The van der Waals surface area contributed by atoms with Gasteiger partial charge in [0.05, 0.1) is 5.56 Å². The maximum absolute atomic E-state index is 13.4. The number of hydrogen-bond donors (Lipinski definition) is 2. The van der Waals surface area contributed by atoms with Gasteiger partial charge >= 0.3 is 11.7 Å². The number of carbonyl (C=O) groups excluding carboxylic acids is 1. The van der Waals surface area contributed by atoms with Crippen molar-refractivity contribution in [2.24, 2.45) is 17.8 Å². The van der Waals surface area contributed by atoms with Crippen LogP contribution in [0.2, 0.25) is 0 Å². The molecule has 2 aromatic carbocycles. The highest BCUT2D eigenvalue weighted by atomic mass is 16.5. The van der Waals surface area contributed by atoms with Crippen LogP contribution in [-0.4, -0.2) is 11.2 Å². The number of hydrogen-bond acceptors (Lipinski definition) is 5. The number of amides is 1. The zero-order chi connectivity index (χ0) is 28.1. The molecule has 0 aliphatic heterocycles. The first-order valence-corrected chi connectivity index (χ1v) is 15.0. The molecule has 1 amide bonds. The Morgan fingerprint density at radius 2 is 1.62 bits per heavy atom. The number of rotatable bonds is 11. The molecule has 3 saturated carbocycles. The Hall–Kier alpha value is -3.54. The molecule has 3 aromatic rings. The molecular formula is C34H41NO5. The molecule has 3 aliphatic rings. The van der Waals surface area contributed by atoms with Gasteiger partial charge in [-0.2, -0.15) is 0 Å². The molecule has 0 radical (unpaired) electrons. The molecule has 6 heteroatoms. The summed E-state index contributed by atoms with van der Waals surface area (Å²) in [5.41, 5.74) is 2.26. The van der Waals surface area contributed by atoms with Crippen molar-refractivity contribution in [2.45, 2.75) is 83.7 Å². The monoisotopic (exact) mass is 543 g/mol. The smallest absolute Gasteiger partial charge is 0.411 e. The Morgan fingerprint density at radius 1 is 0.950 bits per heavy atom. The largest absolute Gasteiger partial charge is 0.507 e. The summed E-state index contributed by atoms with van der Waals surface area (Å²) < 4.78 is 11.3. The Balaban J connectivity index is 0.00000158. The number of nitrogens with one attached hydrogen (secondary N) is 1. The normalized spacial score (nSPS) is 17.1. The SMILES string of the molecule is CC.O=C(Nc1cccc(C(c2c(O)cc(C(CC3CC3)CC3CC3)oc2=O)C2CC2)c1)OCc1ccccc1. The van der Waals surface area contributed by atoms with Gasteiger partial charge in [0.25, 0.3) is 0 Å². The first-order valence-electron chi connectivity index (χ1n) is 15.0. The summed E-state index contributed by atoms with van der Waals surface area (Å²) in [4.78, 5) is 25.8. The number of carbonyl (C=O) groups is 1. The minimum absolute atomic E-state index is 0.0328.